The fourth-order valence-corrected chi connectivity index (χ4v) is 3.45. The average Bonchev–Trinajstić information content (AvgIpc) is 3.18. The summed E-state index contributed by atoms with van der Waals surface area (Å²) < 4.78 is 2.89. The van der Waals surface area contributed by atoms with E-state index in [1.54, 1.807) is 0 Å². The lowest BCUT2D eigenvalue weighted by atomic mass is 10.0. The summed E-state index contributed by atoms with van der Waals surface area (Å²) in [6.45, 7) is 4.00. The van der Waals surface area contributed by atoms with Gasteiger partial charge in [-0.05, 0) is 35.4 Å². The minimum Gasteiger partial charge on any atom is -0.256 e. The lowest BCUT2D eigenvalue weighted by Crippen LogP contribution is -1.92. The van der Waals surface area contributed by atoms with Crippen molar-refractivity contribution in [2.24, 2.45) is 0 Å². The zero-order valence-corrected chi connectivity index (χ0v) is 17.3. The van der Waals surface area contributed by atoms with Crippen molar-refractivity contribution in [3.8, 4) is 22.3 Å². The Kier molecular flexibility index (Phi) is 5.17. The van der Waals surface area contributed by atoms with Gasteiger partial charge in [0.05, 0.1) is 11.7 Å². The van der Waals surface area contributed by atoms with Crippen LogP contribution in [0.25, 0.3) is 38.8 Å². The third kappa shape index (κ3) is 3.29. The molecule has 0 aliphatic rings. The molecule has 0 bridgehead atoms. The zero-order valence-electron chi connectivity index (χ0n) is 15.7. The third-order valence-corrected chi connectivity index (χ3v) is 5.00. The SMILES string of the molecule is Brc1ccc(-c2cnc3c(-c4ccnc5ccccc45)cnn3c2)cc1.CC. The molecule has 4 nitrogen and oxygen atoms in total. The molecule has 0 atom stereocenters. The number of benzene rings is 2. The summed E-state index contributed by atoms with van der Waals surface area (Å²) >= 11 is 3.47. The first-order valence-electron chi connectivity index (χ1n) is 9.23. The van der Waals surface area contributed by atoms with Crippen LogP contribution in [0, 0.1) is 0 Å². The molecule has 0 N–H and O–H groups in total. The zero-order chi connectivity index (χ0) is 19.5. The van der Waals surface area contributed by atoms with Crippen LogP contribution in [0.15, 0.2) is 83.9 Å². The topological polar surface area (TPSA) is 43.1 Å². The molecule has 3 aromatic heterocycles. The molecule has 5 aromatic rings. The van der Waals surface area contributed by atoms with Crippen LogP contribution in [0.5, 0.6) is 0 Å². The molecule has 0 saturated heterocycles. The smallest absolute Gasteiger partial charge is 0.162 e. The van der Waals surface area contributed by atoms with E-state index in [1.165, 1.54) is 0 Å². The predicted octanol–water partition coefficient (Wildman–Crippen LogP) is 6.40. The molecule has 0 aliphatic heterocycles. The third-order valence-electron chi connectivity index (χ3n) is 4.47. The van der Waals surface area contributed by atoms with Crippen molar-refractivity contribution in [3.63, 3.8) is 0 Å². The molecule has 0 saturated carbocycles. The molecule has 5 rings (SSSR count). The highest BCUT2D eigenvalue weighted by Crippen LogP contribution is 2.30. The van der Waals surface area contributed by atoms with E-state index >= 15 is 0 Å². The van der Waals surface area contributed by atoms with Gasteiger partial charge < -0.3 is 0 Å². The van der Waals surface area contributed by atoms with Crippen LogP contribution in [-0.2, 0) is 0 Å². The van der Waals surface area contributed by atoms with Gasteiger partial charge in [-0.25, -0.2) is 9.50 Å². The number of pyridine rings is 1. The molecule has 0 spiro atoms. The Labute approximate surface area is 172 Å². The second-order valence-corrected chi connectivity index (χ2v) is 6.97. The van der Waals surface area contributed by atoms with Crippen molar-refractivity contribution in [2.75, 3.05) is 0 Å². The summed E-state index contributed by atoms with van der Waals surface area (Å²) in [4.78, 5) is 9.13. The van der Waals surface area contributed by atoms with E-state index in [9.17, 15) is 0 Å². The summed E-state index contributed by atoms with van der Waals surface area (Å²) in [6.07, 6.45) is 7.61. The number of hydrogen-bond acceptors (Lipinski definition) is 3. The maximum atomic E-state index is 4.69. The standard InChI is InChI=1S/C21H13BrN4.C2H6/c22-16-7-5-14(6-8-16)15-11-24-21-19(12-25-26(21)13-15)17-9-10-23-20-4-2-1-3-18(17)20;1-2/h1-13H;1-2H3. The van der Waals surface area contributed by atoms with Crippen LogP contribution in [0.1, 0.15) is 13.8 Å². The largest absolute Gasteiger partial charge is 0.256 e. The molecule has 0 aliphatic carbocycles. The van der Waals surface area contributed by atoms with Crippen molar-refractivity contribution in [2.45, 2.75) is 13.8 Å². The van der Waals surface area contributed by atoms with Crippen molar-refractivity contribution < 1.29 is 0 Å². The van der Waals surface area contributed by atoms with Gasteiger partial charge in [-0.1, -0.05) is 60.1 Å². The number of rotatable bonds is 2. The van der Waals surface area contributed by atoms with Crippen molar-refractivity contribution in [3.05, 3.63) is 83.9 Å². The maximum Gasteiger partial charge on any atom is 0.162 e. The Hall–Kier alpha value is -3.05. The molecule has 0 radical (unpaired) electrons. The Morgan fingerprint density at radius 3 is 2.39 bits per heavy atom. The number of hydrogen-bond donors (Lipinski definition) is 0. The molecule has 0 amide bonds. The number of nitrogens with zero attached hydrogens (tertiary/aromatic N) is 4. The van der Waals surface area contributed by atoms with E-state index in [-0.39, 0.29) is 0 Å². The Morgan fingerprint density at radius 1 is 0.786 bits per heavy atom. The Bertz CT molecular complexity index is 1240. The Morgan fingerprint density at radius 2 is 1.57 bits per heavy atom. The molecular formula is C23H19BrN4. The van der Waals surface area contributed by atoms with E-state index in [1.807, 2.05) is 79.5 Å². The summed E-state index contributed by atoms with van der Waals surface area (Å²) in [7, 11) is 0. The van der Waals surface area contributed by atoms with Gasteiger partial charge in [0.15, 0.2) is 5.65 Å². The molecule has 0 unspecified atom stereocenters. The summed E-state index contributed by atoms with van der Waals surface area (Å²) in [5, 5.41) is 5.63. The van der Waals surface area contributed by atoms with Gasteiger partial charge in [0.1, 0.15) is 0 Å². The first kappa shape index (κ1) is 18.3. The molecule has 2 aromatic carbocycles. The molecule has 3 heterocycles. The van der Waals surface area contributed by atoms with Crippen molar-refractivity contribution >= 4 is 32.5 Å². The molecule has 138 valence electrons. The second-order valence-electron chi connectivity index (χ2n) is 6.05. The molecule has 0 fully saturated rings. The number of halogens is 1. The fourth-order valence-electron chi connectivity index (χ4n) is 3.19. The van der Waals surface area contributed by atoms with E-state index < -0.39 is 0 Å². The summed E-state index contributed by atoms with van der Waals surface area (Å²) in [5.41, 5.74) is 6.03. The van der Waals surface area contributed by atoms with E-state index in [0.29, 0.717) is 0 Å². The van der Waals surface area contributed by atoms with Crippen molar-refractivity contribution in [1.82, 2.24) is 19.6 Å². The Balaban J connectivity index is 0.000000932. The van der Waals surface area contributed by atoms with Crippen LogP contribution >= 0.6 is 15.9 Å². The molecule has 5 heteroatoms. The van der Waals surface area contributed by atoms with Crippen LogP contribution in [0.4, 0.5) is 0 Å². The van der Waals surface area contributed by atoms with Crippen LogP contribution in [0.2, 0.25) is 0 Å². The molecular weight excluding hydrogens is 412 g/mol. The lowest BCUT2D eigenvalue weighted by Gasteiger charge is -2.05. The van der Waals surface area contributed by atoms with Gasteiger partial charge in [0, 0.05) is 39.6 Å². The quantitative estimate of drug-likeness (QED) is 0.325. The number of fused-ring (bicyclic) bond motifs is 2. The highest BCUT2D eigenvalue weighted by Gasteiger charge is 2.12. The van der Waals surface area contributed by atoms with E-state index in [4.69, 9.17) is 4.98 Å². The minimum absolute atomic E-state index is 0.835. The van der Waals surface area contributed by atoms with Crippen LogP contribution < -0.4 is 0 Å². The van der Waals surface area contributed by atoms with Gasteiger partial charge in [-0.15, -0.1) is 0 Å². The van der Waals surface area contributed by atoms with Gasteiger partial charge >= 0.3 is 0 Å². The van der Waals surface area contributed by atoms with Crippen LogP contribution in [0.3, 0.4) is 0 Å². The van der Waals surface area contributed by atoms with E-state index in [2.05, 4.69) is 44.2 Å². The van der Waals surface area contributed by atoms with Crippen LogP contribution in [-0.4, -0.2) is 19.6 Å². The van der Waals surface area contributed by atoms with E-state index in [0.717, 1.165) is 43.3 Å². The highest BCUT2D eigenvalue weighted by molar-refractivity contribution is 9.10. The normalized spacial score (nSPS) is 10.7. The van der Waals surface area contributed by atoms with Gasteiger partial charge in [0.2, 0.25) is 0 Å². The van der Waals surface area contributed by atoms with Gasteiger partial charge in [-0.2, -0.15) is 5.10 Å². The maximum absolute atomic E-state index is 4.69. The van der Waals surface area contributed by atoms with Gasteiger partial charge in [0.25, 0.3) is 0 Å². The fraction of sp³-hybridized carbons (Fsp3) is 0.0870. The average molecular weight is 431 g/mol. The highest BCUT2D eigenvalue weighted by atomic mass is 79.9. The second kappa shape index (κ2) is 7.90. The van der Waals surface area contributed by atoms with Gasteiger partial charge in [-0.3, -0.25) is 4.98 Å². The number of aromatic nitrogens is 4. The summed E-state index contributed by atoms with van der Waals surface area (Å²) in [5.74, 6) is 0. The molecule has 28 heavy (non-hydrogen) atoms. The minimum atomic E-state index is 0.835. The summed E-state index contributed by atoms with van der Waals surface area (Å²) in [6, 6.07) is 18.3. The predicted molar refractivity (Wildman–Crippen MR) is 118 cm³/mol. The monoisotopic (exact) mass is 430 g/mol. The lowest BCUT2D eigenvalue weighted by molar-refractivity contribution is 0.941. The van der Waals surface area contributed by atoms with Crippen molar-refractivity contribution in [1.29, 1.82) is 0 Å². The first-order chi connectivity index (χ1) is 13.8. The first-order valence-corrected chi connectivity index (χ1v) is 10.0. The number of para-hydroxylation sites is 1.